The number of amides is 1. The van der Waals surface area contributed by atoms with E-state index < -0.39 is 10.0 Å². The Morgan fingerprint density at radius 1 is 1.07 bits per heavy atom. The Labute approximate surface area is 186 Å². The summed E-state index contributed by atoms with van der Waals surface area (Å²) < 4.78 is 28.5. The van der Waals surface area contributed by atoms with E-state index in [1.807, 2.05) is 31.1 Å². The Balaban J connectivity index is 1.76. The molecule has 3 rings (SSSR count). The first-order chi connectivity index (χ1) is 14.3. The van der Waals surface area contributed by atoms with Crippen molar-refractivity contribution in [3.05, 3.63) is 46.9 Å². The predicted molar refractivity (Wildman–Crippen MR) is 125 cm³/mol. The van der Waals surface area contributed by atoms with Crippen molar-refractivity contribution >= 4 is 48.9 Å². The van der Waals surface area contributed by atoms with E-state index in [1.54, 1.807) is 34.6 Å². The molecule has 30 heavy (non-hydrogen) atoms. The van der Waals surface area contributed by atoms with Gasteiger partial charge in [-0.2, -0.15) is 4.31 Å². The lowest BCUT2D eigenvalue weighted by Crippen LogP contribution is -2.35. The lowest BCUT2D eigenvalue weighted by Gasteiger charge is -2.27. The van der Waals surface area contributed by atoms with Gasteiger partial charge in [0, 0.05) is 37.3 Å². The summed E-state index contributed by atoms with van der Waals surface area (Å²) in [6.07, 6.45) is 2.83. The number of carbonyl (C=O) groups excluding carboxylic acids is 1. The molecule has 0 atom stereocenters. The molecule has 1 saturated heterocycles. The number of halogens is 1. The summed E-state index contributed by atoms with van der Waals surface area (Å²) in [5.41, 5.74) is 2.10. The Morgan fingerprint density at radius 3 is 2.37 bits per heavy atom. The summed E-state index contributed by atoms with van der Waals surface area (Å²) >= 11 is 3.36. The summed E-state index contributed by atoms with van der Waals surface area (Å²) in [6.45, 7) is 1.12. The molecule has 162 valence electrons. The van der Waals surface area contributed by atoms with Crippen LogP contribution in [-0.2, 0) is 14.8 Å². The fourth-order valence-corrected chi connectivity index (χ4v) is 5.18. The maximum atomic E-state index is 13.0. The fraction of sp³-hybridized carbons (Fsp3) is 0.381. The van der Waals surface area contributed by atoms with Gasteiger partial charge in [0.15, 0.2) is 0 Å². The van der Waals surface area contributed by atoms with Gasteiger partial charge in [0.2, 0.25) is 15.9 Å². The fourth-order valence-electron chi connectivity index (χ4n) is 3.38. The molecule has 9 heteroatoms. The van der Waals surface area contributed by atoms with Gasteiger partial charge in [-0.15, -0.1) is 0 Å². The van der Waals surface area contributed by atoms with Crippen molar-refractivity contribution < 1.29 is 13.2 Å². The monoisotopic (exact) mass is 494 g/mol. The standard InChI is InChI=1S/C21H27BrN4O3S/c1-25(2)20-11-10-18(30(28,29)26-12-4-3-5-13-26)14-19(20)23-15-21(27)24-17-8-6-16(22)7-9-17/h6-11,14,23H,3-5,12-13,15H2,1-2H3,(H,24,27). The zero-order valence-electron chi connectivity index (χ0n) is 17.2. The first-order valence-corrected chi connectivity index (χ1v) is 12.1. The van der Waals surface area contributed by atoms with Crippen molar-refractivity contribution in [2.24, 2.45) is 0 Å². The second-order valence-corrected chi connectivity index (χ2v) is 10.3. The van der Waals surface area contributed by atoms with Crippen LogP contribution in [0.15, 0.2) is 51.8 Å². The number of carbonyl (C=O) groups is 1. The van der Waals surface area contributed by atoms with Crippen LogP contribution in [0.4, 0.5) is 17.1 Å². The number of hydrogen-bond donors (Lipinski definition) is 2. The molecule has 1 aliphatic heterocycles. The van der Waals surface area contributed by atoms with Crippen LogP contribution in [-0.4, -0.2) is 52.4 Å². The Morgan fingerprint density at radius 2 is 1.73 bits per heavy atom. The van der Waals surface area contributed by atoms with Gasteiger partial charge in [-0.05, 0) is 55.3 Å². The van der Waals surface area contributed by atoms with Crippen LogP contribution in [0.5, 0.6) is 0 Å². The van der Waals surface area contributed by atoms with Crippen molar-refractivity contribution in [3.63, 3.8) is 0 Å². The number of rotatable bonds is 7. The maximum Gasteiger partial charge on any atom is 0.243 e. The Kier molecular flexibility index (Phi) is 7.38. The van der Waals surface area contributed by atoms with E-state index in [4.69, 9.17) is 0 Å². The lowest BCUT2D eigenvalue weighted by atomic mass is 10.2. The van der Waals surface area contributed by atoms with Gasteiger partial charge in [0.05, 0.1) is 22.8 Å². The number of piperidine rings is 1. The van der Waals surface area contributed by atoms with Crippen LogP contribution in [0.25, 0.3) is 0 Å². The first kappa shape index (κ1) is 22.6. The minimum absolute atomic E-state index is 0.0180. The van der Waals surface area contributed by atoms with E-state index in [0.29, 0.717) is 24.5 Å². The minimum atomic E-state index is -3.55. The van der Waals surface area contributed by atoms with Crippen LogP contribution in [0.3, 0.4) is 0 Å². The van der Waals surface area contributed by atoms with Gasteiger partial charge >= 0.3 is 0 Å². The molecule has 0 unspecified atom stereocenters. The van der Waals surface area contributed by atoms with Crippen molar-refractivity contribution in [1.82, 2.24) is 4.31 Å². The van der Waals surface area contributed by atoms with Crippen molar-refractivity contribution in [2.45, 2.75) is 24.2 Å². The van der Waals surface area contributed by atoms with Gasteiger partial charge < -0.3 is 15.5 Å². The largest absolute Gasteiger partial charge is 0.376 e. The molecule has 1 amide bonds. The van der Waals surface area contributed by atoms with E-state index in [-0.39, 0.29) is 17.3 Å². The first-order valence-electron chi connectivity index (χ1n) is 9.88. The van der Waals surface area contributed by atoms with Gasteiger partial charge in [0.1, 0.15) is 0 Å². The molecule has 2 aromatic rings. The smallest absolute Gasteiger partial charge is 0.243 e. The topological polar surface area (TPSA) is 81.8 Å². The van der Waals surface area contributed by atoms with E-state index in [2.05, 4.69) is 26.6 Å². The van der Waals surface area contributed by atoms with E-state index >= 15 is 0 Å². The average Bonchev–Trinajstić information content (AvgIpc) is 2.74. The van der Waals surface area contributed by atoms with E-state index in [1.165, 1.54) is 0 Å². The predicted octanol–water partition coefficient (Wildman–Crippen LogP) is 3.74. The summed E-state index contributed by atoms with van der Waals surface area (Å²) in [6, 6.07) is 12.3. The van der Waals surface area contributed by atoms with E-state index in [0.717, 1.165) is 29.4 Å². The number of benzene rings is 2. The molecule has 0 saturated carbocycles. The molecule has 0 bridgehead atoms. The molecule has 2 N–H and O–H groups in total. The van der Waals surface area contributed by atoms with Crippen molar-refractivity contribution in [2.75, 3.05) is 49.3 Å². The molecule has 0 spiro atoms. The highest BCUT2D eigenvalue weighted by Gasteiger charge is 2.26. The van der Waals surface area contributed by atoms with E-state index in [9.17, 15) is 13.2 Å². The molecule has 0 aliphatic carbocycles. The van der Waals surface area contributed by atoms with Gasteiger partial charge in [-0.3, -0.25) is 4.79 Å². The minimum Gasteiger partial charge on any atom is -0.376 e. The summed E-state index contributed by atoms with van der Waals surface area (Å²) in [4.78, 5) is 14.5. The molecule has 0 radical (unpaired) electrons. The highest BCUT2D eigenvalue weighted by Crippen LogP contribution is 2.30. The van der Waals surface area contributed by atoms with Crippen molar-refractivity contribution in [1.29, 1.82) is 0 Å². The quantitative estimate of drug-likeness (QED) is 0.612. The number of sulfonamides is 1. The highest BCUT2D eigenvalue weighted by atomic mass is 79.9. The summed E-state index contributed by atoms with van der Waals surface area (Å²) in [7, 11) is 0.204. The Bertz CT molecular complexity index is 988. The van der Waals surface area contributed by atoms with Gasteiger partial charge in [-0.25, -0.2) is 8.42 Å². The summed E-state index contributed by atoms with van der Waals surface area (Å²) in [5, 5.41) is 5.92. The zero-order valence-corrected chi connectivity index (χ0v) is 19.6. The number of nitrogens with zero attached hydrogens (tertiary/aromatic N) is 2. The van der Waals surface area contributed by atoms with Crippen LogP contribution in [0, 0.1) is 0 Å². The number of anilines is 3. The number of hydrogen-bond acceptors (Lipinski definition) is 5. The van der Waals surface area contributed by atoms with Crippen LogP contribution >= 0.6 is 15.9 Å². The molecular formula is C21H27BrN4O3S. The molecular weight excluding hydrogens is 468 g/mol. The Hall–Kier alpha value is -2.10. The third-order valence-electron chi connectivity index (χ3n) is 4.97. The average molecular weight is 495 g/mol. The van der Waals surface area contributed by atoms with Crippen LogP contribution < -0.4 is 15.5 Å². The van der Waals surface area contributed by atoms with Crippen LogP contribution in [0.1, 0.15) is 19.3 Å². The maximum absolute atomic E-state index is 13.0. The molecule has 2 aromatic carbocycles. The SMILES string of the molecule is CN(C)c1ccc(S(=O)(=O)N2CCCCC2)cc1NCC(=O)Nc1ccc(Br)cc1. The normalized spacial score (nSPS) is 14.9. The third-order valence-corrected chi connectivity index (χ3v) is 7.39. The second-order valence-electron chi connectivity index (χ2n) is 7.45. The van der Waals surface area contributed by atoms with Gasteiger partial charge in [0.25, 0.3) is 0 Å². The molecule has 7 nitrogen and oxygen atoms in total. The van der Waals surface area contributed by atoms with Crippen LogP contribution in [0.2, 0.25) is 0 Å². The molecule has 0 aromatic heterocycles. The zero-order chi connectivity index (χ0) is 21.7. The lowest BCUT2D eigenvalue weighted by molar-refractivity contribution is -0.114. The molecule has 1 heterocycles. The second kappa shape index (κ2) is 9.80. The van der Waals surface area contributed by atoms with Gasteiger partial charge in [-0.1, -0.05) is 22.4 Å². The molecule has 1 fully saturated rings. The third kappa shape index (κ3) is 5.53. The molecule has 1 aliphatic rings. The van der Waals surface area contributed by atoms with Crippen molar-refractivity contribution in [3.8, 4) is 0 Å². The number of nitrogens with one attached hydrogen (secondary N) is 2. The highest BCUT2D eigenvalue weighted by molar-refractivity contribution is 9.10. The summed E-state index contributed by atoms with van der Waals surface area (Å²) in [5.74, 6) is -0.216.